The quantitative estimate of drug-likeness (QED) is 0.337. The third-order valence-corrected chi connectivity index (χ3v) is 6.05. The fourth-order valence-electron chi connectivity index (χ4n) is 3.21. The number of rotatable bonds is 5. The highest BCUT2D eigenvalue weighted by atomic mass is 32.2. The number of furan rings is 1. The Bertz CT molecular complexity index is 1430. The number of methoxy groups -OCH3 is 1. The van der Waals surface area contributed by atoms with Crippen molar-refractivity contribution in [1.82, 2.24) is 0 Å². The molecule has 1 heterocycles. The standard InChI is InChI=1S/C23H18O8S/c1-13-3-7-16(8-4-13)32(27,28)31-15-6-10-17(19(25)12-15)22-21(23(26)29-2)18-9-5-14(24)11-20(18)30-22/h3-12,24-25H,1-2H3. The fourth-order valence-corrected chi connectivity index (χ4v) is 4.14. The lowest BCUT2D eigenvalue weighted by atomic mass is 10.0. The topological polar surface area (TPSA) is 123 Å². The highest BCUT2D eigenvalue weighted by Crippen LogP contribution is 2.40. The van der Waals surface area contributed by atoms with Crippen LogP contribution in [0.4, 0.5) is 0 Å². The summed E-state index contributed by atoms with van der Waals surface area (Å²) in [5, 5.41) is 20.7. The molecule has 0 amide bonds. The Morgan fingerprint density at radius 1 is 0.969 bits per heavy atom. The molecule has 0 atom stereocenters. The van der Waals surface area contributed by atoms with Crippen LogP contribution < -0.4 is 4.18 Å². The van der Waals surface area contributed by atoms with Gasteiger partial charge in [0, 0.05) is 17.5 Å². The molecule has 0 saturated carbocycles. The minimum absolute atomic E-state index is 0.00268. The zero-order valence-corrected chi connectivity index (χ0v) is 17.8. The average Bonchev–Trinajstić information content (AvgIpc) is 3.11. The third kappa shape index (κ3) is 3.85. The molecule has 3 aromatic carbocycles. The largest absolute Gasteiger partial charge is 0.508 e. The van der Waals surface area contributed by atoms with E-state index in [0.717, 1.165) is 11.6 Å². The molecule has 164 valence electrons. The number of carbonyl (C=O) groups is 1. The molecular weight excluding hydrogens is 436 g/mol. The van der Waals surface area contributed by atoms with Gasteiger partial charge in [-0.2, -0.15) is 8.42 Å². The first kappa shape index (κ1) is 21.3. The van der Waals surface area contributed by atoms with Gasteiger partial charge in [0.05, 0.1) is 12.7 Å². The van der Waals surface area contributed by atoms with Crippen molar-refractivity contribution in [3.63, 3.8) is 0 Å². The predicted octanol–water partition coefficient (Wildman–Crippen LogP) is 4.37. The first-order valence-corrected chi connectivity index (χ1v) is 10.8. The first-order chi connectivity index (χ1) is 15.2. The molecule has 2 N–H and O–H groups in total. The molecule has 0 radical (unpaired) electrons. The summed E-state index contributed by atoms with van der Waals surface area (Å²) in [6, 6.07) is 14.1. The van der Waals surface area contributed by atoms with Gasteiger partial charge in [0.25, 0.3) is 0 Å². The van der Waals surface area contributed by atoms with Crippen LogP contribution in [0.25, 0.3) is 22.3 Å². The second-order valence-corrected chi connectivity index (χ2v) is 8.55. The SMILES string of the molecule is COC(=O)c1c(-c2ccc(OS(=O)(=O)c3ccc(C)cc3)cc2O)oc2cc(O)ccc12. The van der Waals surface area contributed by atoms with E-state index in [0.29, 0.717) is 5.39 Å². The monoisotopic (exact) mass is 454 g/mol. The van der Waals surface area contributed by atoms with Gasteiger partial charge in [-0.05, 0) is 43.3 Å². The van der Waals surface area contributed by atoms with Gasteiger partial charge < -0.3 is 23.6 Å². The number of carbonyl (C=O) groups excluding carboxylic acids is 1. The highest BCUT2D eigenvalue weighted by Gasteiger charge is 2.25. The van der Waals surface area contributed by atoms with Crippen LogP contribution in [0.3, 0.4) is 0 Å². The van der Waals surface area contributed by atoms with E-state index in [1.807, 2.05) is 6.92 Å². The van der Waals surface area contributed by atoms with Gasteiger partial charge in [-0.1, -0.05) is 17.7 Å². The Morgan fingerprint density at radius 3 is 2.34 bits per heavy atom. The Kier molecular flexibility index (Phi) is 5.27. The number of hydrogen-bond donors (Lipinski definition) is 2. The molecule has 0 aliphatic rings. The number of hydrogen-bond acceptors (Lipinski definition) is 8. The van der Waals surface area contributed by atoms with Gasteiger partial charge in [0.15, 0.2) is 5.76 Å². The summed E-state index contributed by atoms with van der Waals surface area (Å²) in [5.41, 5.74) is 1.27. The summed E-state index contributed by atoms with van der Waals surface area (Å²) in [7, 11) is -2.91. The number of phenols is 2. The second-order valence-electron chi connectivity index (χ2n) is 7.01. The van der Waals surface area contributed by atoms with E-state index in [4.69, 9.17) is 13.3 Å². The van der Waals surface area contributed by atoms with Crippen LogP contribution in [-0.2, 0) is 14.9 Å². The van der Waals surface area contributed by atoms with Gasteiger partial charge in [0.2, 0.25) is 0 Å². The zero-order chi connectivity index (χ0) is 23.0. The van der Waals surface area contributed by atoms with Crippen LogP contribution in [0.5, 0.6) is 17.2 Å². The fraction of sp³-hybridized carbons (Fsp3) is 0.0870. The van der Waals surface area contributed by atoms with Crippen molar-refractivity contribution in [3.05, 3.63) is 71.8 Å². The summed E-state index contributed by atoms with van der Waals surface area (Å²) in [5.74, 6) is -1.27. The Morgan fingerprint density at radius 2 is 1.69 bits per heavy atom. The van der Waals surface area contributed by atoms with E-state index in [-0.39, 0.29) is 44.6 Å². The molecule has 32 heavy (non-hydrogen) atoms. The smallest absolute Gasteiger partial charge is 0.342 e. The lowest BCUT2D eigenvalue weighted by molar-refractivity contribution is 0.0603. The number of esters is 1. The molecular formula is C23H18O8S. The minimum Gasteiger partial charge on any atom is -0.508 e. The van der Waals surface area contributed by atoms with Crippen LogP contribution in [0.2, 0.25) is 0 Å². The maximum atomic E-state index is 12.5. The molecule has 0 fully saturated rings. The van der Waals surface area contributed by atoms with Gasteiger partial charge in [-0.15, -0.1) is 0 Å². The molecule has 1 aromatic heterocycles. The third-order valence-electron chi connectivity index (χ3n) is 4.79. The van der Waals surface area contributed by atoms with Crippen molar-refractivity contribution < 1.29 is 36.8 Å². The molecule has 4 rings (SSSR count). The summed E-state index contributed by atoms with van der Waals surface area (Å²) in [6.45, 7) is 1.83. The Balaban J connectivity index is 1.75. The van der Waals surface area contributed by atoms with Gasteiger partial charge in [0.1, 0.15) is 33.3 Å². The molecule has 8 nitrogen and oxygen atoms in total. The maximum Gasteiger partial charge on any atom is 0.342 e. The Labute approximate surface area is 183 Å². The van der Waals surface area contributed by atoms with Gasteiger partial charge >= 0.3 is 16.1 Å². The van der Waals surface area contributed by atoms with E-state index < -0.39 is 16.1 Å². The summed E-state index contributed by atoms with van der Waals surface area (Å²) < 4.78 is 40.7. The molecule has 0 aliphatic heterocycles. The van der Waals surface area contributed by atoms with E-state index in [1.54, 1.807) is 12.1 Å². The van der Waals surface area contributed by atoms with Crippen LogP contribution in [0, 0.1) is 6.92 Å². The second kappa shape index (κ2) is 7.93. The van der Waals surface area contributed by atoms with Crippen LogP contribution in [0.1, 0.15) is 15.9 Å². The zero-order valence-electron chi connectivity index (χ0n) is 17.0. The van der Waals surface area contributed by atoms with Crippen molar-refractivity contribution in [3.8, 4) is 28.6 Å². The molecule has 0 aliphatic carbocycles. The molecule has 9 heteroatoms. The number of fused-ring (bicyclic) bond motifs is 1. The number of aromatic hydroxyl groups is 2. The molecule has 0 bridgehead atoms. The molecule has 0 saturated heterocycles. The van der Waals surface area contributed by atoms with Crippen molar-refractivity contribution in [2.45, 2.75) is 11.8 Å². The van der Waals surface area contributed by atoms with E-state index >= 15 is 0 Å². The van der Waals surface area contributed by atoms with E-state index in [9.17, 15) is 23.4 Å². The number of benzene rings is 3. The number of aryl methyl sites for hydroxylation is 1. The highest BCUT2D eigenvalue weighted by molar-refractivity contribution is 7.87. The lowest BCUT2D eigenvalue weighted by Crippen LogP contribution is -2.09. The average molecular weight is 454 g/mol. The minimum atomic E-state index is -4.11. The van der Waals surface area contributed by atoms with Crippen molar-refractivity contribution >= 4 is 27.1 Å². The van der Waals surface area contributed by atoms with Crippen molar-refractivity contribution in [2.24, 2.45) is 0 Å². The first-order valence-electron chi connectivity index (χ1n) is 9.38. The normalized spacial score (nSPS) is 11.4. The van der Waals surface area contributed by atoms with E-state index in [2.05, 4.69) is 0 Å². The number of phenolic OH excluding ortho intramolecular Hbond substituents is 2. The summed E-state index contributed by atoms with van der Waals surface area (Å²) in [6.07, 6.45) is 0. The van der Waals surface area contributed by atoms with Crippen LogP contribution >= 0.6 is 0 Å². The summed E-state index contributed by atoms with van der Waals surface area (Å²) >= 11 is 0. The van der Waals surface area contributed by atoms with Crippen LogP contribution in [-0.4, -0.2) is 31.7 Å². The van der Waals surface area contributed by atoms with Gasteiger partial charge in [-0.3, -0.25) is 0 Å². The summed E-state index contributed by atoms with van der Waals surface area (Å²) in [4.78, 5) is 12.4. The molecule has 4 aromatic rings. The van der Waals surface area contributed by atoms with E-state index in [1.165, 1.54) is 49.6 Å². The van der Waals surface area contributed by atoms with Crippen molar-refractivity contribution in [2.75, 3.05) is 7.11 Å². The van der Waals surface area contributed by atoms with Crippen LogP contribution in [0.15, 0.2) is 70.0 Å². The maximum absolute atomic E-state index is 12.5. The predicted molar refractivity (Wildman–Crippen MR) is 115 cm³/mol. The van der Waals surface area contributed by atoms with Crippen molar-refractivity contribution in [1.29, 1.82) is 0 Å². The Hall–Kier alpha value is -3.98. The van der Waals surface area contributed by atoms with Gasteiger partial charge in [-0.25, -0.2) is 4.79 Å². The molecule has 0 unspecified atom stereocenters. The molecule has 0 spiro atoms. The lowest BCUT2D eigenvalue weighted by Gasteiger charge is -2.09. The number of ether oxygens (including phenoxy) is 1.